The Morgan fingerprint density at radius 2 is 1.30 bits per heavy atom. The van der Waals surface area contributed by atoms with Crippen molar-refractivity contribution in [3.8, 4) is 0 Å². The Balaban J connectivity index is -0.00000000800. The molecule has 0 amide bonds. The van der Waals surface area contributed by atoms with Gasteiger partial charge in [0, 0.05) is 26.2 Å². The van der Waals surface area contributed by atoms with Crippen LogP contribution in [0.3, 0.4) is 0 Å². The van der Waals surface area contributed by atoms with Crippen LogP contribution in [0.25, 0.3) is 0 Å². The van der Waals surface area contributed by atoms with E-state index in [-0.39, 0.29) is 48.1 Å². The Morgan fingerprint density at radius 1 is 1.20 bits per heavy atom. The van der Waals surface area contributed by atoms with Gasteiger partial charge in [-0.05, 0) is 6.92 Å². The molecule has 10 heavy (non-hydrogen) atoms. The van der Waals surface area contributed by atoms with Crippen LogP contribution in [-0.2, 0) is 30.0 Å². The zero-order valence-corrected chi connectivity index (χ0v) is 9.12. The van der Waals surface area contributed by atoms with Crippen LogP contribution in [0, 0.1) is 0 Å². The van der Waals surface area contributed by atoms with Crippen molar-refractivity contribution < 1.29 is 57.0 Å². The second-order valence-electron chi connectivity index (χ2n) is 0.735. The van der Waals surface area contributed by atoms with Gasteiger partial charge in [0.2, 0.25) is 0 Å². The molecule has 0 saturated heterocycles. The van der Waals surface area contributed by atoms with Gasteiger partial charge in [-0.3, -0.25) is 0 Å². The third-order valence-corrected chi connectivity index (χ3v) is 0.591. The standard InChI is InChI=1S/C2H5O2.Al.4H2O.Zr/c1-2(3)4;;;;;;/h2-3H,1H3;;4*1H2;/q-1;+1;;;;;. The fourth-order valence-electron chi connectivity index (χ4n) is 0. The van der Waals surface area contributed by atoms with Crippen LogP contribution in [0.2, 0.25) is 0 Å². The third-order valence-electron chi connectivity index (χ3n) is 0.197. The summed E-state index contributed by atoms with van der Waals surface area (Å²) < 4.78 is 4.22. The van der Waals surface area contributed by atoms with Gasteiger partial charge in [0.05, 0.1) is 0 Å². The van der Waals surface area contributed by atoms with E-state index in [9.17, 15) is 0 Å². The van der Waals surface area contributed by atoms with Gasteiger partial charge in [0.25, 0.3) is 0 Å². The van der Waals surface area contributed by atoms with Gasteiger partial charge in [-0.25, -0.2) is 0 Å². The van der Waals surface area contributed by atoms with Crippen LogP contribution in [-0.4, -0.2) is 49.9 Å². The predicted molar refractivity (Wildman–Crippen MR) is 33.0 cm³/mol. The Kier molecular flexibility index (Phi) is 138. The van der Waals surface area contributed by atoms with Crippen molar-refractivity contribution in [2.75, 3.05) is 0 Å². The molecule has 0 aliphatic heterocycles. The predicted octanol–water partition coefficient (Wildman–Crippen LogP) is -3.88. The van der Waals surface area contributed by atoms with E-state index in [1.807, 2.05) is 16.6 Å². The van der Waals surface area contributed by atoms with Crippen molar-refractivity contribution >= 4 is 16.6 Å². The van der Waals surface area contributed by atoms with E-state index >= 15 is 0 Å². The molecule has 0 aliphatic rings. The summed E-state index contributed by atoms with van der Waals surface area (Å²) in [5.41, 5.74) is 0. The molecule has 0 saturated carbocycles. The largest absolute Gasteiger partial charge is 0.495 e. The molecule has 1 unspecified atom stereocenters. The first-order valence-corrected chi connectivity index (χ1v) is 1.78. The van der Waals surface area contributed by atoms with Gasteiger partial charge in [-0.1, -0.05) is 0 Å². The summed E-state index contributed by atoms with van der Waals surface area (Å²) in [5.74, 6) is 0. The summed E-state index contributed by atoms with van der Waals surface area (Å²) in [6.45, 7) is 1.53. The molecule has 0 rings (SSSR count). The molecule has 64 valence electrons. The maximum Gasteiger partial charge on any atom is 0.373 e. The summed E-state index contributed by atoms with van der Waals surface area (Å²) in [4.78, 5) is 0. The third kappa shape index (κ3) is 60.8. The van der Waals surface area contributed by atoms with Crippen molar-refractivity contribution in [3.05, 3.63) is 0 Å². The summed E-state index contributed by atoms with van der Waals surface area (Å²) in [7, 11) is 0. The summed E-state index contributed by atoms with van der Waals surface area (Å²) in [6.07, 6.45) is -0.653. The Bertz CT molecular complexity index is 29.7. The van der Waals surface area contributed by atoms with Crippen molar-refractivity contribution in [1.29, 1.82) is 0 Å². The van der Waals surface area contributed by atoms with Crippen LogP contribution >= 0.6 is 0 Å². The van der Waals surface area contributed by atoms with E-state index in [0.29, 0.717) is 0 Å². The summed E-state index contributed by atoms with van der Waals surface area (Å²) >= 11 is 1.94. The molecule has 2 radical (unpaired) electrons. The monoisotopic (exact) mass is 250 g/mol. The zero-order chi connectivity index (χ0) is 4.28. The Morgan fingerprint density at radius 3 is 1.30 bits per heavy atom. The maximum absolute atomic E-state index is 8.12. The van der Waals surface area contributed by atoms with Gasteiger partial charge in [0.1, 0.15) is 6.29 Å². The van der Waals surface area contributed by atoms with Crippen LogP contribution in [0.15, 0.2) is 0 Å². The second-order valence-corrected chi connectivity index (χ2v) is 1.01. The molecule has 0 aromatic heterocycles. The molecular weight excluding hydrogens is 238 g/mol. The van der Waals surface area contributed by atoms with Gasteiger partial charge in [-0.15, -0.1) is 0 Å². The van der Waals surface area contributed by atoms with Gasteiger partial charge < -0.3 is 30.8 Å². The molecule has 9 N–H and O–H groups in total. The Hall–Kier alpha value is 1.18. The van der Waals surface area contributed by atoms with Crippen molar-refractivity contribution in [1.82, 2.24) is 0 Å². The van der Waals surface area contributed by atoms with Crippen LogP contribution < -0.4 is 0 Å². The summed E-state index contributed by atoms with van der Waals surface area (Å²) in [6, 6.07) is 0. The molecule has 0 bridgehead atoms. The molecular formula is C2H13AlO6Zr. The number of aliphatic hydroxyl groups excluding tert-OH is 1. The quantitative estimate of drug-likeness (QED) is 0.374. The first-order valence-electron chi connectivity index (χ1n) is 1.31. The zero-order valence-electron chi connectivity index (χ0n) is 5.51. The minimum atomic E-state index is -0.653. The number of aliphatic hydroxyl groups is 1. The molecule has 0 aromatic carbocycles. The number of rotatable bonds is 1. The number of hydrogen-bond donors (Lipinski definition) is 1. The molecule has 6 nitrogen and oxygen atoms in total. The van der Waals surface area contributed by atoms with Crippen LogP contribution in [0.5, 0.6) is 0 Å². The number of hydrogen-bond acceptors (Lipinski definition) is 2. The molecule has 0 fully saturated rings. The average molecular weight is 251 g/mol. The van der Waals surface area contributed by atoms with Crippen LogP contribution in [0.1, 0.15) is 6.92 Å². The minimum Gasteiger partial charge on any atom is -0.495 e. The van der Waals surface area contributed by atoms with Crippen molar-refractivity contribution in [2.45, 2.75) is 13.2 Å². The van der Waals surface area contributed by atoms with Crippen LogP contribution in [0.4, 0.5) is 0 Å². The van der Waals surface area contributed by atoms with E-state index in [0.717, 1.165) is 0 Å². The van der Waals surface area contributed by atoms with Gasteiger partial charge >= 0.3 is 16.6 Å². The molecule has 0 aromatic rings. The van der Waals surface area contributed by atoms with E-state index < -0.39 is 6.29 Å². The smallest absolute Gasteiger partial charge is 0.373 e. The molecule has 0 spiro atoms. The topological polar surface area (TPSA) is 155 Å². The van der Waals surface area contributed by atoms with E-state index in [1.165, 1.54) is 6.92 Å². The van der Waals surface area contributed by atoms with E-state index in [2.05, 4.69) is 3.79 Å². The maximum atomic E-state index is 8.12. The van der Waals surface area contributed by atoms with Crippen molar-refractivity contribution in [3.63, 3.8) is 0 Å². The molecule has 0 aliphatic carbocycles. The fourth-order valence-corrected chi connectivity index (χ4v) is 0. The minimum absolute atomic E-state index is 0. The van der Waals surface area contributed by atoms with Gasteiger partial charge in [-0.2, -0.15) is 0 Å². The Labute approximate surface area is 86.7 Å². The molecule has 8 heteroatoms. The SMILES string of the molecule is CC(O)[O][Al].O.O.O.O.[Zr]. The average Bonchev–Trinajstić information content (AvgIpc) is 1.38. The van der Waals surface area contributed by atoms with Crippen molar-refractivity contribution in [2.24, 2.45) is 0 Å². The van der Waals surface area contributed by atoms with E-state index in [4.69, 9.17) is 5.11 Å². The van der Waals surface area contributed by atoms with Gasteiger partial charge in [0.15, 0.2) is 0 Å². The first-order chi connectivity index (χ1) is 2.27. The molecule has 1 atom stereocenters. The fraction of sp³-hybridized carbons (Fsp3) is 1.00. The normalized spacial score (nSPS) is 7.40. The van der Waals surface area contributed by atoms with E-state index in [1.54, 1.807) is 0 Å². The second kappa shape index (κ2) is 32.0. The first kappa shape index (κ1) is 43.2. The molecule has 0 heterocycles. The summed E-state index contributed by atoms with van der Waals surface area (Å²) in [5, 5.41) is 8.12.